The Bertz CT molecular complexity index is 654. The second kappa shape index (κ2) is 7.52. The van der Waals surface area contributed by atoms with Crippen molar-refractivity contribution in [2.45, 2.75) is 19.8 Å². The van der Waals surface area contributed by atoms with Gasteiger partial charge in [-0.25, -0.2) is 0 Å². The summed E-state index contributed by atoms with van der Waals surface area (Å²) in [7, 11) is 0. The Kier molecular flexibility index (Phi) is 5.69. The van der Waals surface area contributed by atoms with Crippen molar-refractivity contribution in [3.05, 3.63) is 58.1 Å². The van der Waals surface area contributed by atoms with Crippen molar-refractivity contribution >= 4 is 40.5 Å². The number of halogens is 2. The lowest BCUT2D eigenvalue weighted by Gasteiger charge is -2.10. The number of carbonyl (C=O) groups is 1. The van der Waals surface area contributed by atoms with E-state index in [1.165, 1.54) is 5.56 Å². The maximum atomic E-state index is 11.9. The fourth-order valence-corrected chi connectivity index (χ4v) is 2.44. The Morgan fingerprint density at radius 2 is 1.77 bits per heavy atom. The van der Waals surface area contributed by atoms with E-state index < -0.39 is 0 Å². The second-order valence-electron chi connectivity index (χ2n) is 5.30. The number of hydrogen-bond donors (Lipinski definition) is 2. The molecular weight excluding hydrogens is 319 g/mol. The highest BCUT2D eigenvalue weighted by molar-refractivity contribution is 6.36. The average Bonchev–Trinajstić information content (AvgIpc) is 2.47. The molecule has 0 radical (unpaired) electrons. The first-order chi connectivity index (χ1) is 10.5. The minimum Gasteiger partial charge on any atom is -0.375 e. The zero-order valence-corrected chi connectivity index (χ0v) is 14.0. The maximum Gasteiger partial charge on any atom is 0.243 e. The van der Waals surface area contributed by atoms with E-state index in [0.717, 1.165) is 5.69 Å². The Labute approximate surface area is 140 Å². The van der Waals surface area contributed by atoms with Crippen molar-refractivity contribution < 1.29 is 4.79 Å². The molecule has 0 atom stereocenters. The number of rotatable bonds is 5. The van der Waals surface area contributed by atoms with Crippen LogP contribution in [0, 0.1) is 0 Å². The van der Waals surface area contributed by atoms with Gasteiger partial charge in [-0.05, 0) is 41.8 Å². The third kappa shape index (κ3) is 4.65. The molecule has 0 fully saturated rings. The molecule has 0 saturated carbocycles. The zero-order chi connectivity index (χ0) is 16.1. The maximum absolute atomic E-state index is 11.9. The topological polar surface area (TPSA) is 41.1 Å². The summed E-state index contributed by atoms with van der Waals surface area (Å²) in [6.45, 7) is 4.40. The van der Waals surface area contributed by atoms with Gasteiger partial charge in [-0.3, -0.25) is 4.79 Å². The molecule has 3 nitrogen and oxygen atoms in total. The molecule has 2 aromatic carbocycles. The van der Waals surface area contributed by atoms with Crippen LogP contribution in [0.4, 0.5) is 11.4 Å². The van der Waals surface area contributed by atoms with Crippen LogP contribution in [0.5, 0.6) is 0 Å². The molecule has 0 saturated heterocycles. The quantitative estimate of drug-likeness (QED) is 0.790. The zero-order valence-electron chi connectivity index (χ0n) is 12.5. The summed E-state index contributed by atoms with van der Waals surface area (Å²) in [5.41, 5.74) is 2.69. The van der Waals surface area contributed by atoms with Gasteiger partial charge in [0.15, 0.2) is 0 Å². The summed E-state index contributed by atoms with van der Waals surface area (Å²) in [5.74, 6) is 0.335. The van der Waals surface area contributed by atoms with E-state index in [1.54, 1.807) is 18.2 Å². The van der Waals surface area contributed by atoms with Gasteiger partial charge < -0.3 is 10.6 Å². The van der Waals surface area contributed by atoms with Gasteiger partial charge in [-0.2, -0.15) is 0 Å². The molecule has 22 heavy (non-hydrogen) atoms. The molecule has 5 heteroatoms. The number of benzene rings is 2. The largest absolute Gasteiger partial charge is 0.375 e. The molecule has 2 rings (SSSR count). The van der Waals surface area contributed by atoms with Gasteiger partial charge in [0.1, 0.15) is 0 Å². The van der Waals surface area contributed by atoms with E-state index in [9.17, 15) is 4.79 Å². The Morgan fingerprint density at radius 3 is 2.36 bits per heavy atom. The molecule has 2 aromatic rings. The molecule has 0 aliphatic heterocycles. The SMILES string of the molecule is CC(C)c1ccc(NC(=O)CNc2ccc(Cl)cc2Cl)cc1. The van der Waals surface area contributed by atoms with Gasteiger partial charge in [0.25, 0.3) is 0 Å². The third-order valence-corrected chi connectivity index (χ3v) is 3.78. The van der Waals surface area contributed by atoms with E-state index in [1.807, 2.05) is 24.3 Å². The summed E-state index contributed by atoms with van der Waals surface area (Å²) in [6.07, 6.45) is 0. The van der Waals surface area contributed by atoms with Crippen molar-refractivity contribution in [1.29, 1.82) is 0 Å². The van der Waals surface area contributed by atoms with Gasteiger partial charge in [0, 0.05) is 10.7 Å². The van der Waals surface area contributed by atoms with Crippen molar-refractivity contribution in [2.24, 2.45) is 0 Å². The summed E-state index contributed by atoms with van der Waals surface area (Å²) in [4.78, 5) is 11.9. The molecule has 0 spiro atoms. The van der Waals surface area contributed by atoms with Gasteiger partial charge in [-0.15, -0.1) is 0 Å². The number of hydrogen-bond acceptors (Lipinski definition) is 2. The smallest absolute Gasteiger partial charge is 0.243 e. The molecule has 1 amide bonds. The van der Waals surface area contributed by atoms with Crippen LogP contribution in [0.2, 0.25) is 10.0 Å². The van der Waals surface area contributed by atoms with E-state index in [0.29, 0.717) is 21.7 Å². The first kappa shape index (κ1) is 16.7. The fourth-order valence-electron chi connectivity index (χ4n) is 1.96. The lowest BCUT2D eigenvalue weighted by atomic mass is 10.0. The molecule has 0 aliphatic carbocycles. The first-order valence-corrected chi connectivity index (χ1v) is 7.80. The summed E-state index contributed by atoms with van der Waals surface area (Å²) < 4.78 is 0. The highest BCUT2D eigenvalue weighted by atomic mass is 35.5. The minimum absolute atomic E-state index is 0.132. The lowest BCUT2D eigenvalue weighted by molar-refractivity contribution is -0.114. The predicted molar refractivity (Wildman–Crippen MR) is 94.1 cm³/mol. The summed E-state index contributed by atoms with van der Waals surface area (Å²) in [5, 5.41) is 6.87. The molecule has 116 valence electrons. The molecule has 2 N–H and O–H groups in total. The van der Waals surface area contributed by atoms with Crippen LogP contribution in [0.25, 0.3) is 0 Å². The highest BCUT2D eigenvalue weighted by Crippen LogP contribution is 2.25. The normalized spacial score (nSPS) is 10.6. The van der Waals surface area contributed by atoms with Crippen LogP contribution in [0.1, 0.15) is 25.3 Å². The van der Waals surface area contributed by atoms with Crippen molar-refractivity contribution in [3.63, 3.8) is 0 Å². The van der Waals surface area contributed by atoms with Crippen molar-refractivity contribution in [3.8, 4) is 0 Å². The lowest BCUT2D eigenvalue weighted by Crippen LogP contribution is -2.21. The van der Waals surface area contributed by atoms with Crippen LogP contribution in [-0.2, 0) is 4.79 Å². The molecule has 0 unspecified atom stereocenters. The van der Waals surface area contributed by atoms with Gasteiger partial charge >= 0.3 is 0 Å². The van der Waals surface area contributed by atoms with Gasteiger partial charge in [-0.1, -0.05) is 49.2 Å². The Hall–Kier alpha value is -1.71. The summed E-state index contributed by atoms with van der Waals surface area (Å²) in [6, 6.07) is 12.9. The molecule has 0 heterocycles. The van der Waals surface area contributed by atoms with Crippen LogP contribution in [-0.4, -0.2) is 12.5 Å². The van der Waals surface area contributed by atoms with Crippen LogP contribution in [0.15, 0.2) is 42.5 Å². The monoisotopic (exact) mass is 336 g/mol. The highest BCUT2D eigenvalue weighted by Gasteiger charge is 2.06. The van der Waals surface area contributed by atoms with Gasteiger partial charge in [0.05, 0.1) is 17.3 Å². The molecule has 0 aromatic heterocycles. The summed E-state index contributed by atoms with van der Waals surface area (Å²) >= 11 is 11.9. The Morgan fingerprint density at radius 1 is 1.09 bits per heavy atom. The standard InChI is InChI=1S/C17H18Cl2N2O/c1-11(2)12-3-6-14(7-4-12)21-17(22)10-20-16-8-5-13(18)9-15(16)19/h3-9,11,20H,10H2,1-2H3,(H,21,22). The van der Waals surface area contributed by atoms with Crippen LogP contribution < -0.4 is 10.6 Å². The minimum atomic E-state index is -0.136. The predicted octanol–water partition coefficient (Wildman–Crippen LogP) is 5.17. The van der Waals surface area contributed by atoms with Crippen LogP contribution in [0.3, 0.4) is 0 Å². The van der Waals surface area contributed by atoms with Crippen molar-refractivity contribution in [2.75, 3.05) is 17.2 Å². The number of anilines is 2. The first-order valence-electron chi connectivity index (χ1n) is 7.04. The van der Waals surface area contributed by atoms with E-state index in [2.05, 4.69) is 24.5 Å². The molecular formula is C17H18Cl2N2O. The molecule has 0 bridgehead atoms. The third-order valence-electron chi connectivity index (χ3n) is 3.23. The van der Waals surface area contributed by atoms with Crippen LogP contribution >= 0.6 is 23.2 Å². The fraction of sp³-hybridized carbons (Fsp3) is 0.235. The number of carbonyl (C=O) groups excluding carboxylic acids is 1. The number of amides is 1. The van der Waals surface area contributed by atoms with E-state index in [-0.39, 0.29) is 12.5 Å². The van der Waals surface area contributed by atoms with Crippen molar-refractivity contribution in [1.82, 2.24) is 0 Å². The average molecular weight is 337 g/mol. The molecule has 0 aliphatic rings. The Balaban J connectivity index is 1.90. The van der Waals surface area contributed by atoms with Gasteiger partial charge in [0.2, 0.25) is 5.91 Å². The number of nitrogens with one attached hydrogen (secondary N) is 2. The van der Waals surface area contributed by atoms with E-state index >= 15 is 0 Å². The second-order valence-corrected chi connectivity index (χ2v) is 6.15. The van der Waals surface area contributed by atoms with E-state index in [4.69, 9.17) is 23.2 Å².